The van der Waals surface area contributed by atoms with Crippen LogP contribution in [0.15, 0.2) is 41.8 Å². The normalized spacial score (nSPS) is 12.6. The monoisotopic (exact) mass is 339 g/mol. The summed E-state index contributed by atoms with van der Waals surface area (Å²) in [4.78, 5) is 14.5. The highest BCUT2D eigenvalue weighted by Crippen LogP contribution is 2.32. The SMILES string of the molecule is ONC(=Nc1cc(F)cc(C(F)(F)F)c1)c1ccnc2nc[nH]c12. The van der Waals surface area contributed by atoms with Crippen LogP contribution in [0.4, 0.5) is 23.2 Å². The number of hydrogen-bond acceptors (Lipinski definition) is 4. The maximum Gasteiger partial charge on any atom is 0.416 e. The van der Waals surface area contributed by atoms with E-state index in [4.69, 9.17) is 0 Å². The van der Waals surface area contributed by atoms with Gasteiger partial charge in [0.15, 0.2) is 11.5 Å². The van der Waals surface area contributed by atoms with Gasteiger partial charge in [-0.15, -0.1) is 0 Å². The molecule has 10 heteroatoms. The molecule has 0 saturated heterocycles. The van der Waals surface area contributed by atoms with Gasteiger partial charge in [-0.25, -0.2) is 19.4 Å². The van der Waals surface area contributed by atoms with Crippen molar-refractivity contribution in [3.63, 3.8) is 0 Å². The summed E-state index contributed by atoms with van der Waals surface area (Å²) < 4.78 is 51.7. The molecule has 0 aliphatic heterocycles. The highest BCUT2D eigenvalue weighted by atomic mass is 19.4. The smallest absolute Gasteiger partial charge is 0.343 e. The number of aromatic nitrogens is 3. The van der Waals surface area contributed by atoms with Gasteiger partial charge >= 0.3 is 6.18 Å². The fourth-order valence-corrected chi connectivity index (χ4v) is 2.12. The predicted octanol–water partition coefficient (Wildman–Crippen LogP) is 3.17. The van der Waals surface area contributed by atoms with Gasteiger partial charge in [0, 0.05) is 11.8 Å². The molecule has 3 N–H and O–H groups in total. The van der Waals surface area contributed by atoms with Crippen molar-refractivity contribution < 1.29 is 22.8 Å². The minimum Gasteiger partial charge on any atom is -0.343 e. The van der Waals surface area contributed by atoms with E-state index in [9.17, 15) is 22.8 Å². The van der Waals surface area contributed by atoms with Crippen molar-refractivity contribution in [1.82, 2.24) is 20.4 Å². The molecular weight excluding hydrogens is 330 g/mol. The third kappa shape index (κ3) is 3.04. The van der Waals surface area contributed by atoms with Crippen molar-refractivity contribution in [3.8, 4) is 0 Å². The number of halogens is 4. The lowest BCUT2D eigenvalue weighted by molar-refractivity contribution is -0.137. The minimum absolute atomic E-state index is 0.189. The van der Waals surface area contributed by atoms with E-state index in [-0.39, 0.29) is 11.5 Å². The van der Waals surface area contributed by atoms with E-state index in [0.717, 1.165) is 6.07 Å². The highest BCUT2D eigenvalue weighted by Gasteiger charge is 2.31. The van der Waals surface area contributed by atoms with Gasteiger partial charge < -0.3 is 4.98 Å². The van der Waals surface area contributed by atoms with E-state index in [1.165, 1.54) is 18.6 Å². The topological polar surface area (TPSA) is 86.2 Å². The number of hydrogen-bond donors (Lipinski definition) is 3. The van der Waals surface area contributed by atoms with Crippen LogP contribution in [0.1, 0.15) is 11.1 Å². The molecule has 1 aromatic carbocycles. The zero-order chi connectivity index (χ0) is 17.3. The van der Waals surface area contributed by atoms with E-state index in [0.29, 0.717) is 28.9 Å². The van der Waals surface area contributed by atoms with Gasteiger partial charge in [0.2, 0.25) is 0 Å². The van der Waals surface area contributed by atoms with Crippen molar-refractivity contribution in [2.24, 2.45) is 4.99 Å². The second-order valence-corrected chi connectivity index (χ2v) is 4.73. The highest BCUT2D eigenvalue weighted by molar-refractivity contribution is 6.07. The molecule has 0 bridgehead atoms. The number of rotatable bonds is 2. The predicted molar refractivity (Wildman–Crippen MR) is 76.4 cm³/mol. The number of nitrogens with zero attached hydrogens (tertiary/aromatic N) is 3. The molecule has 0 unspecified atom stereocenters. The molecule has 0 aliphatic carbocycles. The number of alkyl halides is 3. The molecule has 3 aromatic rings. The minimum atomic E-state index is -4.72. The van der Waals surface area contributed by atoms with Gasteiger partial charge in [-0.3, -0.25) is 10.7 Å². The molecule has 0 saturated carbocycles. The maximum absolute atomic E-state index is 13.4. The first-order valence-electron chi connectivity index (χ1n) is 6.53. The Labute approximate surface area is 131 Å². The zero-order valence-corrected chi connectivity index (χ0v) is 11.8. The number of imidazole rings is 1. The van der Waals surface area contributed by atoms with Crippen LogP contribution in [0.2, 0.25) is 0 Å². The third-order valence-electron chi connectivity index (χ3n) is 3.14. The summed E-state index contributed by atoms with van der Waals surface area (Å²) in [5.74, 6) is -1.28. The Kier molecular flexibility index (Phi) is 3.89. The summed E-state index contributed by atoms with van der Waals surface area (Å²) in [7, 11) is 0. The Balaban J connectivity index is 2.12. The van der Waals surface area contributed by atoms with Crippen LogP contribution in [0.5, 0.6) is 0 Å². The molecule has 124 valence electrons. The average Bonchev–Trinajstić information content (AvgIpc) is 3.00. The number of aliphatic imine (C=N–C) groups is 1. The second-order valence-electron chi connectivity index (χ2n) is 4.73. The van der Waals surface area contributed by atoms with Crippen molar-refractivity contribution in [1.29, 1.82) is 0 Å². The van der Waals surface area contributed by atoms with Crippen LogP contribution >= 0.6 is 0 Å². The van der Waals surface area contributed by atoms with Crippen LogP contribution in [0.3, 0.4) is 0 Å². The summed E-state index contributed by atoms with van der Waals surface area (Å²) in [6.45, 7) is 0. The summed E-state index contributed by atoms with van der Waals surface area (Å²) in [6, 6.07) is 3.32. The standard InChI is InChI=1S/C14H9F4N5O/c15-8-3-7(14(16,17)18)4-9(5-8)22-12(23-24)10-1-2-19-13-11(10)20-6-21-13/h1-6,24H,(H,22,23)(H,19,20,21). The largest absolute Gasteiger partial charge is 0.416 e. The van der Waals surface area contributed by atoms with Crippen LogP contribution in [-0.4, -0.2) is 26.0 Å². The van der Waals surface area contributed by atoms with Crippen LogP contribution in [0, 0.1) is 5.82 Å². The van der Waals surface area contributed by atoms with Crippen molar-refractivity contribution in [2.75, 3.05) is 0 Å². The van der Waals surface area contributed by atoms with E-state index in [2.05, 4.69) is 19.9 Å². The molecule has 0 spiro atoms. The van der Waals surface area contributed by atoms with Gasteiger partial charge in [-0.05, 0) is 24.3 Å². The molecule has 0 amide bonds. The molecule has 0 aliphatic rings. The Morgan fingerprint density at radius 1 is 1.21 bits per heavy atom. The Hall–Kier alpha value is -3.01. The van der Waals surface area contributed by atoms with Gasteiger partial charge in [0.25, 0.3) is 0 Å². The lowest BCUT2D eigenvalue weighted by Crippen LogP contribution is -2.20. The van der Waals surface area contributed by atoms with Crippen molar-refractivity contribution >= 4 is 22.7 Å². The van der Waals surface area contributed by atoms with E-state index in [1.54, 1.807) is 5.48 Å². The average molecular weight is 339 g/mol. The Morgan fingerprint density at radius 3 is 2.71 bits per heavy atom. The first kappa shape index (κ1) is 15.9. The van der Waals surface area contributed by atoms with Crippen LogP contribution in [-0.2, 0) is 6.18 Å². The first-order chi connectivity index (χ1) is 11.4. The molecule has 0 atom stereocenters. The zero-order valence-electron chi connectivity index (χ0n) is 11.8. The molecule has 2 aromatic heterocycles. The van der Waals surface area contributed by atoms with Gasteiger partial charge in [0.05, 0.1) is 23.1 Å². The number of benzene rings is 1. The van der Waals surface area contributed by atoms with Crippen LogP contribution < -0.4 is 5.48 Å². The number of amidine groups is 1. The lowest BCUT2D eigenvalue weighted by atomic mass is 10.2. The van der Waals surface area contributed by atoms with Gasteiger partial charge in [0.1, 0.15) is 5.82 Å². The fourth-order valence-electron chi connectivity index (χ4n) is 2.12. The fraction of sp³-hybridized carbons (Fsp3) is 0.0714. The van der Waals surface area contributed by atoms with Crippen LogP contribution in [0.25, 0.3) is 11.2 Å². The number of hydroxylamine groups is 1. The van der Waals surface area contributed by atoms with E-state index < -0.39 is 17.6 Å². The van der Waals surface area contributed by atoms with Gasteiger partial charge in [-0.2, -0.15) is 13.2 Å². The van der Waals surface area contributed by atoms with E-state index in [1.807, 2.05) is 0 Å². The Morgan fingerprint density at radius 2 is 2.00 bits per heavy atom. The second kappa shape index (κ2) is 5.89. The maximum atomic E-state index is 13.4. The number of aromatic amines is 1. The molecule has 3 rings (SSSR count). The molecule has 2 heterocycles. The number of fused-ring (bicyclic) bond motifs is 1. The third-order valence-corrected chi connectivity index (χ3v) is 3.14. The van der Waals surface area contributed by atoms with Crippen molar-refractivity contribution in [3.05, 3.63) is 53.7 Å². The molecule has 0 fully saturated rings. The Bertz CT molecular complexity index is 919. The number of H-pyrrole nitrogens is 1. The summed E-state index contributed by atoms with van der Waals surface area (Å²) in [6.07, 6.45) is -1.97. The van der Waals surface area contributed by atoms with E-state index >= 15 is 0 Å². The quantitative estimate of drug-likeness (QED) is 0.290. The molecule has 0 radical (unpaired) electrons. The summed E-state index contributed by atoms with van der Waals surface area (Å²) in [5, 5.41) is 9.28. The van der Waals surface area contributed by atoms with Gasteiger partial charge in [-0.1, -0.05) is 0 Å². The summed E-state index contributed by atoms with van der Waals surface area (Å²) >= 11 is 0. The first-order valence-corrected chi connectivity index (χ1v) is 6.53. The number of pyridine rings is 1. The molecular formula is C14H9F4N5O. The molecule has 24 heavy (non-hydrogen) atoms. The summed E-state index contributed by atoms with van der Waals surface area (Å²) in [5.41, 5.74) is 1.34. The van der Waals surface area contributed by atoms with Crippen molar-refractivity contribution in [2.45, 2.75) is 6.18 Å². The molecule has 6 nitrogen and oxygen atoms in total. The lowest BCUT2D eigenvalue weighted by Gasteiger charge is -2.09. The number of nitrogens with one attached hydrogen (secondary N) is 2.